The zero-order valence-corrected chi connectivity index (χ0v) is 5.75. The molecule has 44 valence electrons. The Bertz CT molecular complexity index is 173. The fraction of sp³-hybridized carbons (Fsp3) is 0.333. The number of hydrogen-bond acceptors (Lipinski definition) is 5. The highest BCUT2D eigenvalue weighted by Gasteiger charge is 1.98. The molecule has 0 saturated carbocycles. The van der Waals surface area contributed by atoms with Gasteiger partial charge in [-0.25, -0.2) is 0 Å². The Hall–Kier alpha value is -0.290. The number of thiol groups is 1. The van der Waals surface area contributed by atoms with E-state index in [-0.39, 0.29) is 0 Å². The van der Waals surface area contributed by atoms with Gasteiger partial charge in [-0.05, 0) is 11.5 Å². The van der Waals surface area contributed by atoms with Gasteiger partial charge in [0.25, 0.3) is 0 Å². The van der Waals surface area contributed by atoms with Gasteiger partial charge in [-0.2, -0.15) is 12.6 Å². The fourth-order valence-electron chi connectivity index (χ4n) is 0.326. The first kappa shape index (κ1) is 5.84. The average molecular weight is 147 g/mol. The molecule has 1 aromatic rings. The van der Waals surface area contributed by atoms with Crippen LogP contribution in [0.4, 0.5) is 5.82 Å². The first-order valence-electron chi connectivity index (χ1n) is 2.02. The molecular weight excluding hydrogens is 142 g/mol. The Balaban J connectivity index is 2.92. The van der Waals surface area contributed by atoms with Crippen molar-refractivity contribution in [2.24, 2.45) is 0 Å². The highest BCUT2D eigenvalue weighted by Crippen LogP contribution is 2.13. The summed E-state index contributed by atoms with van der Waals surface area (Å²) in [6, 6.07) is 0. The van der Waals surface area contributed by atoms with E-state index in [1.807, 2.05) is 0 Å². The van der Waals surface area contributed by atoms with Gasteiger partial charge in [-0.1, -0.05) is 4.49 Å². The molecule has 5 heteroatoms. The zero-order valence-electron chi connectivity index (χ0n) is 4.03. The second-order valence-electron chi connectivity index (χ2n) is 1.24. The van der Waals surface area contributed by atoms with Crippen LogP contribution in [0.5, 0.6) is 0 Å². The smallest absolute Gasteiger partial charge is 0.162 e. The number of anilines is 1. The van der Waals surface area contributed by atoms with E-state index in [1.54, 1.807) is 0 Å². The van der Waals surface area contributed by atoms with Gasteiger partial charge in [0.2, 0.25) is 0 Å². The van der Waals surface area contributed by atoms with Crippen LogP contribution in [-0.2, 0) is 5.75 Å². The van der Waals surface area contributed by atoms with E-state index < -0.39 is 0 Å². The Kier molecular flexibility index (Phi) is 1.69. The van der Waals surface area contributed by atoms with Crippen LogP contribution in [-0.4, -0.2) is 9.59 Å². The molecule has 8 heavy (non-hydrogen) atoms. The summed E-state index contributed by atoms with van der Waals surface area (Å²) < 4.78 is 3.61. The van der Waals surface area contributed by atoms with E-state index in [4.69, 9.17) is 5.73 Å². The number of aromatic nitrogens is 2. The minimum atomic E-state index is 0.505. The summed E-state index contributed by atoms with van der Waals surface area (Å²) in [4.78, 5) is 0.938. The molecular formula is C3H5N3S2. The van der Waals surface area contributed by atoms with E-state index in [0.29, 0.717) is 11.6 Å². The maximum absolute atomic E-state index is 5.34. The van der Waals surface area contributed by atoms with Crippen molar-refractivity contribution in [3.63, 3.8) is 0 Å². The molecule has 1 aromatic heterocycles. The Morgan fingerprint density at radius 1 is 1.75 bits per heavy atom. The van der Waals surface area contributed by atoms with Gasteiger partial charge in [-0.3, -0.25) is 0 Å². The van der Waals surface area contributed by atoms with E-state index in [2.05, 4.69) is 22.2 Å². The van der Waals surface area contributed by atoms with Gasteiger partial charge in [-0.15, -0.1) is 5.10 Å². The molecule has 2 N–H and O–H groups in total. The number of hydrogen-bond donors (Lipinski definition) is 2. The van der Waals surface area contributed by atoms with Crippen molar-refractivity contribution < 1.29 is 0 Å². The third-order valence-electron chi connectivity index (χ3n) is 0.729. The zero-order chi connectivity index (χ0) is 5.98. The van der Waals surface area contributed by atoms with Crippen molar-refractivity contribution in [1.82, 2.24) is 9.59 Å². The lowest BCUT2D eigenvalue weighted by molar-refractivity contribution is 1.16. The molecule has 1 rings (SSSR count). The van der Waals surface area contributed by atoms with Crippen molar-refractivity contribution >= 4 is 30.0 Å². The first-order valence-corrected chi connectivity index (χ1v) is 3.42. The standard InChI is InChI=1S/C3H5N3S2/c4-3-2(1-7)8-6-5-3/h7H,1,4H2. The molecule has 0 aliphatic carbocycles. The molecule has 1 heterocycles. The normalized spacial score (nSPS) is 9.62. The topological polar surface area (TPSA) is 51.8 Å². The van der Waals surface area contributed by atoms with Crippen molar-refractivity contribution in [3.8, 4) is 0 Å². The Labute approximate surface area is 56.5 Å². The summed E-state index contributed by atoms with van der Waals surface area (Å²) in [5.41, 5.74) is 5.34. The van der Waals surface area contributed by atoms with E-state index >= 15 is 0 Å². The number of rotatable bonds is 1. The lowest BCUT2D eigenvalue weighted by atomic mass is 10.6. The summed E-state index contributed by atoms with van der Waals surface area (Å²) in [6.45, 7) is 0. The van der Waals surface area contributed by atoms with Crippen LogP contribution in [0.25, 0.3) is 0 Å². The number of nitrogen functional groups attached to an aromatic ring is 1. The van der Waals surface area contributed by atoms with Crippen LogP contribution in [0.2, 0.25) is 0 Å². The SMILES string of the molecule is Nc1nnsc1CS. The van der Waals surface area contributed by atoms with Crippen LogP contribution in [0.15, 0.2) is 0 Å². The van der Waals surface area contributed by atoms with Gasteiger partial charge in [0.05, 0.1) is 4.88 Å². The molecule has 0 unspecified atom stereocenters. The summed E-state index contributed by atoms with van der Waals surface area (Å²) in [7, 11) is 0. The van der Waals surface area contributed by atoms with Gasteiger partial charge >= 0.3 is 0 Å². The van der Waals surface area contributed by atoms with Gasteiger partial charge in [0.15, 0.2) is 5.82 Å². The van der Waals surface area contributed by atoms with Crippen LogP contribution >= 0.6 is 24.2 Å². The summed E-state index contributed by atoms with van der Waals surface area (Å²) in [5.74, 6) is 1.13. The van der Waals surface area contributed by atoms with Gasteiger partial charge < -0.3 is 5.73 Å². The lowest BCUT2D eigenvalue weighted by Crippen LogP contribution is -1.87. The first-order chi connectivity index (χ1) is 3.84. The monoisotopic (exact) mass is 147 g/mol. The quantitative estimate of drug-likeness (QED) is 0.570. The largest absolute Gasteiger partial charge is 0.381 e. The minimum Gasteiger partial charge on any atom is -0.381 e. The molecule has 0 atom stereocenters. The second kappa shape index (κ2) is 2.32. The van der Waals surface area contributed by atoms with Crippen LogP contribution in [0.1, 0.15) is 4.88 Å². The summed E-state index contributed by atoms with van der Waals surface area (Å²) >= 11 is 5.28. The molecule has 0 aliphatic rings. The molecule has 0 radical (unpaired) electrons. The lowest BCUT2D eigenvalue weighted by Gasteiger charge is -1.82. The second-order valence-corrected chi connectivity index (χ2v) is 2.39. The highest BCUT2D eigenvalue weighted by atomic mass is 32.1. The minimum absolute atomic E-state index is 0.505. The third kappa shape index (κ3) is 0.924. The average Bonchev–Trinajstić information content (AvgIpc) is 2.14. The predicted molar refractivity (Wildman–Crippen MR) is 37.0 cm³/mol. The van der Waals surface area contributed by atoms with E-state index in [1.165, 1.54) is 11.5 Å². The van der Waals surface area contributed by atoms with E-state index in [9.17, 15) is 0 Å². The van der Waals surface area contributed by atoms with Crippen molar-refractivity contribution in [3.05, 3.63) is 4.88 Å². The van der Waals surface area contributed by atoms with Crippen LogP contribution in [0, 0.1) is 0 Å². The summed E-state index contributed by atoms with van der Waals surface area (Å²) in [6.07, 6.45) is 0. The highest BCUT2D eigenvalue weighted by molar-refractivity contribution is 7.79. The van der Waals surface area contributed by atoms with Crippen molar-refractivity contribution in [1.29, 1.82) is 0 Å². The maximum atomic E-state index is 5.34. The van der Waals surface area contributed by atoms with Gasteiger partial charge in [0.1, 0.15) is 0 Å². The van der Waals surface area contributed by atoms with Crippen LogP contribution < -0.4 is 5.73 Å². The molecule has 0 amide bonds. The molecule has 3 nitrogen and oxygen atoms in total. The molecule has 0 spiro atoms. The summed E-state index contributed by atoms with van der Waals surface area (Å²) in [5, 5.41) is 3.58. The van der Waals surface area contributed by atoms with E-state index in [0.717, 1.165) is 4.88 Å². The molecule has 0 saturated heterocycles. The van der Waals surface area contributed by atoms with Gasteiger partial charge in [0, 0.05) is 5.75 Å². The fourth-order valence-corrected chi connectivity index (χ4v) is 1.08. The maximum Gasteiger partial charge on any atom is 0.162 e. The number of nitrogens with two attached hydrogens (primary N) is 1. The Morgan fingerprint density at radius 2 is 2.50 bits per heavy atom. The predicted octanol–water partition coefficient (Wildman–Crippen LogP) is 0.550. The molecule has 0 bridgehead atoms. The molecule has 0 aromatic carbocycles. The van der Waals surface area contributed by atoms with Crippen molar-refractivity contribution in [2.45, 2.75) is 5.75 Å². The molecule has 0 aliphatic heterocycles. The third-order valence-corrected chi connectivity index (χ3v) is 2.00. The number of nitrogens with zero attached hydrogens (tertiary/aromatic N) is 2. The Morgan fingerprint density at radius 3 is 2.75 bits per heavy atom. The van der Waals surface area contributed by atoms with Crippen molar-refractivity contribution in [2.75, 3.05) is 5.73 Å². The molecule has 0 fully saturated rings. The van der Waals surface area contributed by atoms with Crippen LogP contribution in [0.3, 0.4) is 0 Å².